The smallest absolute Gasteiger partial charge is 0.0565 e. The number of nitrogens with zero attached hydrogens (tertiary/aromatic N) is 1. The van der Waals surface area contributed by atoms with Gasteiger partial charge in [-0.05, 0) is 18.9 Å². The summed E-state index contributed by atoms with van der Waals surface area (Å²) in [6.45, 7) is 2.11. The first-order chi connectivity index (χ1) is 6.36. The van der Waals surface area contributed by atoms with Crippen molar-refractivity contribution >= 4 is 5.57 Å². The molecule has 66 valence electrons. The van der Waals surface area contributed by atoms with E-state index in [1.165, 1.54) is 11.1 Å². The molecular weight excluding hydrogens is 160 g/mol. The Morgan fingerprint density at radius 1 is 1.31 bits per heavy atom. The average Bonchev–Trinajstić information content (AvgIpc) is 2.56. The minimum absolute atomic E-state index is 0.999. The van der Waals surface area contributed by atoms with E-state index < -0.39 is 0 Å². The molecule has 1 aromatic rings. The first-order valence-electron chi connectivity index (χ1n) is 4.40. The molecule has 2 heteroatoms. The molecular formula is C11H12N2. The second-order valence-electron chi connectivity index (χ2n) is 3.16. The lowest BCUT2D eigenvalue weighted by Crippen LogP contribution is -1.74. The van der Waals surface area contributed by atoms with Gasteiger partial charge in [-0.25, -0.2) is 0 Å². The van der Waals surface area contributed by atoms with Crippen molar-refractivity contribution in [3.05, 3.63) is 47.8 Å². The SMILES string of the molecule is CC1=CCC=C(c2cn[nH]c2)C=C1. The number of hydrogen-bond acceptors (Lipinski definition) is 1. The van der Waals surface area contributed by atoms with Crippen LogP contribution in [0.15, 0.2) is 42.3 Å². The fourth-order valence-corrected chi connectivity index (χ4v) is 1.35. The first-order valence-corrected chi connectivity index (χ1v) is 4.40. The van der Waals surface area contributed by atoms with Crippen LogP contribution in [0.2, 0.25) is 0 Å². The first kappa shape index (κ1) is 8.05. The van der Waals surface area contributed by atoms with E-state index >= 15 is 0 Å². The van der Waals surface area contributed by atoms with Crippen LogP contribution in [0.4, 0.5) is 0 Å². The third kappa shape index (κ3) is 1.78. The number of nitrogens with one attached hydrogen (secondary N) is 1. The molecule has 0 aliphatic heterocycles. The minimum Gasteiger partial charge on any atom is -0.285 e. The molecule has 0 fully saturated rings. The zero-order valence-electron chi connectivity index (χ0n) is 7.62. The number of aromatic amines is 1. The molecule has 1 aliphatic rings. The quantitative estimate of drug-likeness (QED) is 0.693. The van der Waals surface area contributed by atoms with Gasteiger partial charge < -0.3 is 0 Å². The van der Waals surface area contributed by atoms with Gasteiger partial charge in [0.2, 0.25) is 0 Å². The second-order valence-corrected chi connectivity index (χ2v) is 3.16. The van der Waals surface area contributed by atoms with E-state index in [1.54, 1.807) is 0 Å². The van der Waals surface area contributed by atoms with E-state index in [1.807, 2.05) is 12.4 Å². The molecule has 0 amide bonds. The monoisotopic (exact) mass is 172 g/mol. The molecule has 13 heavy (non-hydrogen) atoms. The van der Waals surface area contributed by atoms with E-state index in [4.69, 9.17) is 0 Å². The summed E-state index contributed by atoms with van der Waals surface area (Å²) in [4.78, 5) is 0. The molecule has 0 spiro atoms. The zero-order valence-corrected chi connectivity index (χ0v) is 7.62. The summed E-state index contributed by atoms with van der Waals surface area (Å²) in [6, 6.07) is 0. The van der Waals surface area contributed by atoms with Crippen LogP contribution < -0.4 is 0 Å². The third-order valence-corrected chi connectivity index (χ3v) is 2.13. The van der Waals surface area contributed by atoms with Crippen LogP contribution >= 0.6 is 0 Å². The average molecular weight is 172 g/mol. The Hall–Kier alpha value is -1.57. The van der Waals surface area contributed by atoms with E-state index in [-0.39, 0.29) is 0 Å². The lowest BCUT2D eigenvalue weighted by molar-refractivity contribution is 1.09. The van der Waals surface area contributed by atoms with Crippen LogP contribution in [0.1, 0.15) is 18.9 Å². The maximum Gasteiger partial charge on any atom is 0.0565 e. The molecule has 0 bridgehead atoms. The van der Waals surface area contributed by atoms with Gasteiger partial charge in [-0.1, -0.05) is 29.9 Å². The topological polar surface area (TPSA) is 28.7 Å². The Morgan fingerprint density at radius 3 is 3.00 bits per heavy atom. The largest absolute Gasteiger partial charge is 0.285 e. The van der Waals surface area contributed by atoms with E-state index in [2.05, 4.69) is 41.4 Å². The highest BCUT2D eigenvalue weighted by atomic mass is 15.1. The lowest BCUT2D eigenvalue weighted by Gasteiger charge is -1.94. The Morgan fingerprint density at radius 2 is 2.23 bits per heavy atom. The molecule has 0 saturated heterocycles. The van der Waals surface area contributed by atoms with Gasteiger partial charge in [-0.3, -0.25) is 5.10 Å². The highest BCUT2D eigenvalue weighted by Crippen LogP contribution is 2.18. The predicted molar refractivity (Wildman–Crippen MR) is 54.1 cm³/mol. The number of hydrogen-bond donors (Lipinski definition) is 1. The molecule has 0 saturated carbocycles. The van der Waals surface area contributed by atoms with Crippen molar-refractivity contribution in [2.75, 3.05) is 0 Å². The van der Waals surface area contributed by atoms with Crippen molar-refractivity contribution in [1.82, 2.24) is 10.2 Å². The molecule has 1 aromatic heterocycles. The summed E-state index contributed by atoms with van der Waals surface area (Å²) in [5, 5.41) is 6.75. The molecule has 2 nitrogen and oxygen atoms in total. The van der Waals surface area contributed by atoms with Crippen LogP contribution in [0.5, 0.6) is 0 Å². The van der Waals surface area contributed by atoms with E-state index in [0.717, 1.165) is 12.0 Å². The van der Waals surface area contributed by atoms with Crippen molar-refractivity contribution in [3.8, 4) is 0 Å². The summed E-state index contributed by atoms with van der Waals surface area (Å²) in [5.41, 5.74) is 3.70. The number of allylic oxidation sites excluding steroid dienone is 6. The van der Waals surface area contributed by atoms with E-state index in [9.17, 15) is 0 Å². The third-order valence-electron chi connectivity index (χ3n) is 2.13. The minimum atomic E-state index is 0.999. The number of H-pyrrole nitrogens is 1. The fraction of sp³-hybridized carbons (Fsp3) is 0.182. The van der Waals surface area contributed by atoms with Gasteiger partial charge >= 0.3 is 0 Å². The molecule has 2 rings (SSSR count). The maximum absolute atomic E-state index is 3.93. The van der Waals surface area contributed by atoms with Crippen molar-refractivity contribution < 1.29 is 0 Å². The van der Waals surface area contributed by atoms with Gasteiger partial charge in [0.05, 0.1) is 6.20 Å². The van der Waals surface area contributed by atoms with Crippen molar-refractivity contribution in [3.63, 3.8) is 0 Å². The van der Waals surface area contributed by atoms with Gasteiger partial charge in [-0.15, -0.1) is 0 Å². The lowest BCUT2D eigenvalue weighted by atomic mass is 10.1. The maximum atomic E-state index is 3.93. The van der Waals surface area contributed by atoms with Gasteiger partial charge in [-0.2, -0.15) is 5.10 Å². The molecule has 0 unspecified atom stereocenters. The molecule has 1 aliphatic carbocycles. The second kappa shape index (κ2) is 3.44. The highest BCUT2D eigenvalue weighted by molar-refractivity contribution is 5.74. The summed E-state index contributed by atoms with van der Waals surface area (Å²) in [5.74, 6) is 0. The van der Waals surface area contributed by atoms with Crippen molar-refractivity contribution in [2.24, 2.45) is 0 Å². The molecule has 0 atom stereocenters. The van der Waals surface area contributed by atoms with Crippen LogP contribution in [0.3, 0.4) is 0 Å². The summed E-state index contributed by atoms with van der Waals surface area (Å²) in [7, 11) is 0. The summed E-state index contributed by atoms with van der Waals surface area (Å²) >= 11 is 0. The van der Waals surface area contributed by atoms with Gasteiger partial charge in [0.15, 0.2) is 0 Å². The molecule has 1 heterocycles. The normalized spacial score (nSPS) is 16.4. The Labute approximate surface area is 77.7 Å². The Bertz CT molecular complexity index is 367. The molecule has 0 aromatic carbocycles. The van der Waals surface area contributed by atoms with Crippen molar-refractivity contribution in [2.45, 2.75) is 13.3 Å². The van der Waals surface area contributed by atoms with Gasteiger partial charge in [0, 0.05) is 11.8 Å². The van der Waals surface area contributed by atoms with Gasteiger partial charge in [0.1, 0.15) is 0 Å². The number of aromatic nitrogens is 2. The van der Waals surface area contributed by atoms with Crippen LogP contribution in [0.25, 0.3) is 5.57 Å². The zero-order chi connectivity index (χ0) is 9.10. The van der Waals surface area contributed by atoms with Crippen molar-refractivity contribution in [1.29, 1.82) is 0 Å². The predicted octanol–water partition coefficient (Wildman–Crippen LogP) is 2.70. The standard InChI is InChI=1S/C11H12N2/c1-9-3-2-4-10(6-5-9)11-7-12-13-8-11/h3-8H,2H2,1H3,(H,12,13). The van der Waals surface area contributed by atoms with Crippen LogP contribution in [0, 0.1) is 0 Å². The highest BCUT2D eigenvalue weighted by Gasteiger charge is 1.99. The Balaban J connectivity index is 2.28. The molecule has 1 N–H and O–H groups in total. The Kier molecular flexibility index (Phi) is 2.13. The molecule has 0 radical (unpaired) electrons. The van der Waals surface area contributed by atoms with Crippen LogP contribution in [-0.2, 0) is 0 Å². The summed E-state index contributed by atoms with van der Waals surface area (Å²) in [6.07, 6.45) is 13.4. The van der Waals surface area contributed by atoms with Crippen LogP contribution in [-0.4, -0.2) is 10.2 Å². The number of rotatable bonds is 1. The summed E-state index contributed by atoms with van der Waals surface area (Å²) < 4.78 is 0. The fourth-order valence-electron chi connectivity index (χ4n) is 1.35. The van der Waals surface area contributed by atoms with Gasteiger partial charge in [0.25, 0.3) is 0 Å². The van der Waals surface area contributed by atoms with E-state index in [0.29, 0.717) is 0 Å².